The highest BCUT2D eigenvalue weighted by molar-refractivity contribution is 6.14. The summed E-state index contributed by atoms with van der Waals surface area (Å²) in [4.78, 5) is 2.39. The first-order chi connectivity index (χ1) is 28.8. The van der Waals surface area contributed by atoms with Gasteiger partial charge in [0.25, 0.3) is 0 Å². The van der Waals surface area contributed by atoms with Gasteiger partial charge in [-0.2, -0.15) is 0 Å². The molecule has 0 aliphatic rings. The molecule has 0 aliphatic heterocycles. The van der Waals surface area contributed by atoms with Gasteiger partial charge in [-0.3, -0.25) is 0 Å². The molecule has 0 radical (unpaired) electrons. The van der Waals surface area contributed by atoms with Gasteiger partial charge < -0.3 is 9.32 Å². The van der Waals surface area contributed by atoms with Crippen LogP contribution in [0.4, 0.5) is 17.1 Å². The Labute approximate surface area is 337 Å². The predicted molar refractivity (Wildman–Crippen MR) is 245 cm³/mol. The summed E-state index contributed by atoms with van der Waals surface area (Å²) in [5.41, 5.74) is 14.5. The van der Waals surface area contributed by atoms with Crippen LogP contribution < -0.4 is 4.90 Å². The molecule has 11 rings (SSSR count). The van der Waals surface area contributed by atoms with E-state index in [0.29, 0.717) is 0 Å². The lowest BCUT2D eigenvalue weighted by Gasteiger charge is -2.28. The van der Waals surface area contributed by atoms with Gasteiger partial charge in [0.2, 0.25) is 0 Å². The van der Waals surface area contributed by atoms with Crippen LogP contribution in [0.3, 0.4) is 0 Å². The molecule has 0 aliphatic carbocycles. The fourth-order valence-corrected chi connectivity index (χ4v) is 8.80. The molecule has 272 valence electrons. The van der Waals surface area contributed by atoms with Gasteiger partial charge in [0.1, 0.15) is 11.2 Å². The minimum absolute atomic E-state index is 0.883. The molecule has 11 aromatic rings. The van der Waals surface area contributed by atoms with Crippen LogP contribution in [0.1, 0.15) is 0 Å². The van der Waals surface area contributed by atoms with Crippen molar-refractivity contribution in [3.63, 3.8) is 0 Å². The number of anilines is 3. The maximum Gasteiger partial charge on any atom is 0.136 e. The monoisotopic (exact) mass is 739 g/mol. The maximum absolute atomic E-state index is 6.38. The van der Waals surface area contributed by atoms with Crippen LogP contribution in [-0.4, -0.2) is 0 Å². The molecule has 0 spiro atoms. The summed E-state index contributed by atoms with van der Waals surface area (Å²) in [6.07, 6.45) is 0. The van der Waals surface area contributed by atoms with Crippen molar-refractivity contribution in [2.45, 2.75) is 0 Å². The first-order valence-electron chi connectivity index (χ1n) is 19.8. The second-order valence-corrected chi connectivity index (χ2v) is 14.8. The van der Waals surface area contributed by atoms with Crippen molar-refractivity contribution in [2.75, 3.05) is 4.90 Å². The summed E-state index contributed by atoms with van der Waals surface area (Å²) >= 11 is 0. The topological polar surface area (TPSA) is 16.4 Å². The minimum Gasteiger partial charge on any atom is -0.456 e. The average molecular weight is 740 g/mol. The molecular weight excluding hydrogens is 703 g/mol. The van der Waals surface area contributed by atoms with E-state index in [1.165, 1.54) is 54.9 Å². The van der Waals surface area contributed by atoms with Gasteiger partial charge in [-0.05, 0) is 103 Å². The van der Waals surface area contributed by atoms with Gasteiger partial charge in [-0.1, -0.05) is 182 Å². The van der Waals surface area contributed by atoms with E-state index >= 15 is 0 Å². The largest absolute Gasteiger partial charge is 0.456 e. The zero-order chi connectivity index (χ0) is 38.4. The highest BCUT2D eigenvalue weighted by Gasteiger charge is 2.21. The Balaban J connectivity index is 1.07. The zero-order valence-electron chi connectivity index (χ0n) is 31.7. The average Bonchev–Trinajstić information content (AvgIpc) is 3.69. The molecule has 2 heteroatoms. The molecule has 0 atom stereocenters. The quantitative estimate of drug-likeness (QED) is 0.151. The second-order valence-electron chi connectivity index (χ2n) is 14.8. The lowest BCUT2D eigenvalue weighted by Crippen LogP contribution is -2.11. The number of rotatable bonds is 7. The summed E-state index contributed by atoms with van der Waals surface area (Å²) in [6.45, 7) is 0. The van der Waals surface area contributed by atoms with Crippen LogP contribution in [0.25, 0.3) is 88.0 Å². The Kier molecular flexibility index (Phi) is 8.19. The van der Waals surface area contributed by atoms with Gasteiger partial charge in [0.05, 0.1) is 5.69 Å². The number of hydrogen-bond acceptors (Lipinski definition) is 2. The highest BCUT2D eigenvalue weighted by atomic mass is 16.3. The molecular formula is C56H37NO. The molecule has 58 heavy (non-hydrogen) atoms. The second kappa shape index (κ2) is 14.1. The Bertz CT molecular complexity index is 3270. The van der Waals surface area contributed by atoms with Crippen LogP contribution in [0.15, 0.2) is 229 Å². The van der Waals surface area contributed by atoms with Crippen molar-refractivity contribution in [1.29, 1.82) is 0 Å². The van der Waals surface area contributed by atoms with Gasteiger partial charge in [-0.15, -0.1) is 0 Å². The molecule has 2 nitrogen and oxygen atoms in total. The Morgan fingerprint density at radius 1 is 0.276 bits per heavy atom. The number of benzene rings is 10. The SMILES string of the molecule is c1ccc(-c2ccccc2-c2ccc(N(c3ccc(-c4cccc5c4ccc4ccccc45)cc3)c3ccccc3-c3cccc4oc5ccccc5c34)cc2)cc1. The van der Waals surface area contributed by atoms with Gasteiger partial charge in [0.15, 0.2) is 0 Å². The summed E-state index contributed by atoms with van der Waals surface area (Å²) in [5, 5.41) is 7.29. The number of para-hydroxylation sites is 2. The number of fused-ring (bicyclic) bond motifs is 6. The van der Waals surface area contributed by atoms with Crippen molar-refractivity contribution in [1.82, 2.24) is 0 Å². The van der Waals surface area contributed by atoms with Crippen molar-refractivity contribution >= 4 is 60.5 Å². The van der Waals surface area contributed by atoms with E-state index in [-0.39, 0.29) is 0 Å². The van der Waals surface area contributed by atoms with Crippen molar-refractivity contribution in [3.8, 4) is 44.5 Å². The molecule has 0 N–H and O–H groups in total. The van der Waals surface area contributed by atoms with E-state index in [4.69, 9.17) is 4.42 Å². The van der Waals surface area contributed by atoms with E-state index in [9.17, 15) is 0 Å². The smallest absolute Gasteiger partial charge is 0.136 e. The van der Waals surface area contributed by atoms with Crippen LogP contribution >= 0.6 is 0 Å². The third-order valence-electron chi connectivity index (χ3n) is 11.5. The summed E-state index contributed by atoms with van der Waals surface area (Å²) in [5.74, 6) is 0. The third-order valence-corrected chi connectivity index (χ3v) is 11.5. The Hall–Kier alpha value is -7.68. The third kappa shape index (κ3) is 5.74. The molecule has 0 bridgehead atoms. The van der Waals surface area contributed by atoms with Crippen molar-refractivity contribution in [2.24, 2.45) is 0 Å². The molecule has 0 saturated carbocycles. The first-order valence-corrected chi connectivity index (χ1v) is 19.8. The highest BCUT2D eigenvalue weighted by Crippen LogP contribution is 2.46. The lowest BCUT2D eigenvalue weighted by atomic mass is 9.94. The fraction of sp³-hybridized carbons (Fsp3) is 0. The number of nitrogens with zero attached hydrogens (tertiary/aromatic N) is 1. The zero-order valence-corrected chi connectivity index (χ0v) is 31.7. The Morgan fingerprint density at radius 3 is 1.55 bits per heavy atom. The molecule has 10 aromatic carbocycles. The lowest BCUT2D eigenvalue weighted by molar-refractivity contribution is 0.669. The summed E-state index contributed by atoms with van der Waals surface area (Å²) in [7, 11) is 0. The van der Waals surface area contributed by atoms with Gasteiger partial charge in [-0.25, -0.2) is 0 Å². The van der Waals surface area contributed by atoms with Crippen LogP contribution in [0.2, 0.25) is 0 Å². The summed E-state index contributed by atoms with van der Waals surface area (Å²) < 4.78 is 6.38. The standard InChI is InChI=1S/C56H37NO/c1-2-14-38(15-3-1)44-17-6-7-18-45(44)40-28-33-42(34-29-40)57(53-25-10-8-20-50(53)51-24-13-27-55-56(51)52-21-9-11-26-54(52)58-55)43-35-30-41(31-36-43)47-22-12-23-48-46-19-5-4-16-39(46)32-37-49(47)48/h1-37H. The molecule has 0 amide bonds. The van der Waals surface area contributed by atoms with Crippen LogP contribution in [0.5, 0.6) is 0 Å². The van der Waals surface area contributed by atoms with E-state index in [2.05, 4.69) is 223 Å². The van der Waals surface area contributed by atoms with Crippen molar-refractivity contribution in [3.05, 3.63) is 224 Å². The molecule has 0 saturated heterocycles. The van der Waals surface area contributed by atoms with Gasteiger partial charge >= 0.3 is 0 Å². The van der Waals surface area contributed by atoms with E-state index in [1.807, 2.05) is 6.07 Å². The maximum atomic E-state index is 6.38. The predicted octanol–water partition coefficient (Wildman–Crippen LogP) is 16.0. The fourth-order valence-electron chi connectivity index (χ4n) is 8.80. The molecule has 1 aromatic heterocycles. The summed E-state index contributed by atoms with van der Waals surface area (Å²) in [6, 6.07) is 80.6. The molecule has 1 heterocycles. The first kappa shape index (κ1) is 33.6. The van der Waals surface area contributed by atoms with Crippen LogP contribution in [-0.2, 0) is 0 Å². The number of hydrogen-bond donors (Lipinski definition) is 0. The van der Waals surface area contributed by atoms with E-state index in [0.717, 1.165) is 50.1 Å². The molecule has 0 unspecified atom stereocenters. The van der Waals surface area contributed by atoms with Crippen molar-refractivity contribution < 1.29 is 4.42 Å². The number of furan rings is 1. The molecule has 0 fully saturated rings. The van der Waals surface area contributed by atoms with Crippen LogP contribution in [0, 0.1) is 0 Å². The normalized spacial score (nSPS) is 11.4. The van der Waals surface area contributed by atoms with E-state index in [1.54, 1.807) is 0 Å². The van der Waals surface area contributed by atoms with Gasteiger partial charge in [0, 0.05) is 27.7 Å². The Morgan fingerprint density at radius 2 is 0.793 bits per heavy atom. The minimum atomic E-state index is 0.883. The van der Waals surface area contributed by atoms with E-state index < -0.39 is 0 Å².